The first-order valence-electron chi connectivity index (χ1n) is 11.9. The summed E-state index contributed by atoms with van der Waals surface area (Å²) in [5.41, 5.74) is 2.91. The van der Waals surface area contributed by atoms with Crippen molar-refractivity contribution in [3.63, 3.8) is 0 Å². The molecule has 34 heavy (non-hydrogen) atoms. The van der Waals surface area contributed by atoms with Crippen LogP contribution in [-0.4, -0.2) is 60.5 Å². The third-order valence-electron chi connectivity index (χ3n) is 6.40. The third-order valence-corrected chi connectivity index (χ3v) is 6.40. The molecule has 0 aliphatic carbocycles. The molecule has 3 aromatic carbocycles. The van der Waals surface area contributed by atoms with Gasteiger partial charge in [-0.3, -0.25) is 9.80 Å². The number of nitrogens with zero attached hydrogens (tertiary/aromatic N) is 2. The van der Waals surface area contributed by atoms with Crippen LogP contribution in [-0.2, 0) is 11.2 Å². The van der Waals surface area contributed by atoms with E-state index in [2.05, 4.69) is 21.9 Å². The number of halogens is 2. The third kappa shape index (κ3) is 6.93. The fraction of sp³-hybridized carbons (Fsp3) is 0.357. The number of rotatable bonds is 10. The Labute approximate surface area is 200 Å². The van der Waals surface area contributed by atoms with Gasteiger partial charge in [-0.15, -0.1) is 0 Å². The van der Waals surface area contributed by atoms with Gasteiger partial charge < -0.3 is 9.84 Å². The Bertz CT molecular complexity index is 946. The Balaban J connectivity index is 1.25. The quantitative estimate of drug-likeness (QED) is 0.472. The summed E-state index contributed by atoms with van der Waals surface area (Å²) in [4.78, 5) is 4.47. The Hall–Kier alpha value is -2.64. The van der Waals surface area contributed by atoms with E-state index in [-0.39, 0.29) is 17.7 Å². The average molecular weight is 467 g/mol. The molecule has 0 radical (unpaired) electrons. The van der Waals surface area contributed by atoms with Crippen LogP contribution in [0.3, 0.4) is 0 Å². The number of hydrogen-bond acceptors (Lipinski definition) is 4. The Kier molecular flexibility index (Phi) is 8.77. The second-order valence-electron chi connectivity index (χ2n) is 8.74. The van der Waals surface area contributed by atoms with E-state index in [0.717, 1.165) is 56.7 Å². The second kappa shape index (κ2) is 12.2. The lowest BCUT2D eigenvalue weighted by molar-refractivity contribution is -0.0349. The predicted octanol–water partition coefficient (Wildman–Crippen LogP) is 4.64. The molecule has 1 aliphatic heterocycles. The van der Waals surface area contributed by atoms with E-state index < -0.39 is 6.23 Å². The molecule has 6 heteroatoms. The monoisotopic (exact) mass is 466 g/mol. The minimum absolute atomic E-state index is 0.301. The first-order valence-corrected chi connectivity index (χ1v) is 11.9. The lowest BCUT2D eigenvalue weighted by Crippen LogP contribution is -2.51. The number of ether oxygens (including phenoxy) is 1. The molecule has 0 spiro atoms. The van der Waals surface area contributed by atoms with E-state index >= 15 is 0 Å². The van der Waals surface area contributed by atoms with Gasteiger partial charge in [0.05, 0.1) is 6.61 Å². The van der Waals surface area contributed by atoms with Crippen LogP contribution in [0.4, 0.5) is 8.78 Å². The number of aliphatic hydroxyl groups excluding tert-OH is 1. The van der Waals surface area contributed by atoms with Crippen molar-refractivity contribution in [2.75, 3.05) is 39.3 Å². The predicted molar refractivity (Wildman–Crippen MR) is 129 cm³/mol. The topological polar surface area (TPSA) is 35.9 Å². The fourth-order valence-electron chi connectivity index (χ4n) is 4.37. The van der Waals surface area contributed by atoms with Crippen LogP contribution in [0, 0.1) is 11.6 Å². The maximum Gasteiger partial charge on any atom is 0.123 e. The lowest BCUT2D eigenvalue weighted by Gasteiger charge is -2.37. The molecule has 1 saturated heterocycles. The normalized spacial score (nSPS) is 16.1. The SMILES string of the molecule is OC(CCc1ccccc1)N1CCN(CCOC(c2ccc(F)cc2)c2ccc(F)cc2)CC1. The summed E-state index contributed by atoms with van der Waals surface area (Å²) in [5.74, 6) is -0.601. The van der Waals surface area contributed by atoms with E-state index in [0.29, 0.717) is 6.61 Å². The molecule has 4 nitrogen and oxygen atoms in total. The number of aliphatic hydroxyl groups is 1. The molecule has 0 amide bonds. The molecule has 3 aromatic rings. The van der Waals surface area contributed by atoms with Crippen LogP contribution in [0.1, 0.15) is 29.2 Å². The molecule has 1 fully saturated rings. The van der Waals surface area contributed by atoms with Gasteiger partial charge in [-0.1, -0.05) is 54.6 Å². The fourth-order valence-corrected chi connectivity index (χ4v) is 4.37. The summed E-state index contributed by atoms with van der Waals surface area (Å²) in [7, 11) is 0. The van der Waals surface area contributed by atoms with E-state index in [9.17, 15) is 13.9 Å². The average Bonchev–Trinajstić information content (AvgIpc) is 2.88. The number of piperazine rings is 1. The van der Waals surface area contributed by atoms with Crippen LogP contribution in [0.25, 0.3) is 0 Å². The van der Waals surface area contributed by atoms with E-state index in [1.807, 2.05) is 18.2 Å². The van der Waals surface area contributed by atoms with Gasteiger partial charge in [0.2, 0.25) is 0 Å². The summed E-state index contributed by atoms with van der Waals surface area (Å²) < 4.78 is 33.0. The molecule has 0 bridgehead atoms. The van der Waals surface area contributed by atoms with Crippen LogP contribution in [0.2, 0.25) is 0 Å². The number of hydrogen-bond donors (Lipinski definition) is 1. The van der Waals surface area contributed by atoms with E-state index in [1.54, 1.807) is 24.3 Å². The summed E-state index contributed by atoms with van der Waals surface area (Å²) in [6, 6.07) is 22.7. The summed E-state index contributed by atoms with van der Waals surface area (Å²) in [6.45, 7) is 4.61. The van der Waals surface area contributed by atoms with Gasteiger partial charge in [0.15, 0.2) is 0 Å². The standard InChI is InChI=1S/C28H32F2N2O2/c29-25-11-7-23(8-12-25)28(24-9-13-26(30)14-10-24)34-21-20-31-16-18-32(19-17-31)27(33)15-6-22-4-2-1-3-5-22/h1-5,7-14,27-28,33H,6,15-21H2. The zero-order valence-corrected chi connectivity index (χ0v) is 19.3. The van der Waals surface area contributed by atoms with Gasteiger partial charge in [-0.05, 0) is 53.8 Å². The molecule has 1 atom stereocenters. The van der Waals surface area contributed by atoms with E-state index in [4.69, 9.17) is 4.74 Å². The molecule has 0 aromatic heterocycles. The molecule has 1 unspecified atom stereocenters. The van der Waals surface area contributed by atoms with Crippen molar-refractivity contribution in [3.05, 3.63) is 107 Å². The highest BCUT2D eigenvalue weighted by atomic mass is 19.1. The van der Waals surface area contributed by atoms with Gasteiger partial charge >= 0.3 is 0 Å². The highest BCUT2D eigenvalue weighted by Crippen LogP contribution is 2.26. The van der Waals surface area contributed by atoms with Crippen LogP contribution >= 0.6 is 0 Å². The summed E-state index contributed by atoms with van der Waals surface area (Å²) in [6.07, 6.45) is 0.774. The molecule has 1 N–H and O–H groups in total. The van der Waals surface area contributed by atoms with Gasteiger partial charge in [0, 0.05) is 32.7 Å². The molecule has 4 rings (SSSR count). The molecule has 180 valence electrons. The van der Waals surface area contributed by atoms with Gasteiger partial charge in [0.1, 0.15) is 24.0 Å². The summed E-state index contributed by atoms with van der Waals surface area (Å²) >= 11 is 0. The second-order valence-corrected chi connectivity index (χ2v) is 8.74. The smallest absolute Gasteiger partial charge is 0.123 e. The van der Waals surface area contributed by atoms with Crippen LogP contribution < -0.4 is 0 Å². The van der Waals surface area contributed by atoms with Crippen molar-refractivity contribution < 1.29 is 18.6 Å². The minimum atomic E-state index is -0.431. The minimum Gasteiger partial charge on any atom is -0.378 e. The number of benzene rings is 3. The van der Waals surface area contributed by atoms with Crippen LogP contribution in [0.5, 0.6) is 0 Å². The van der Waals surface area contributed by atoms with Crippen molar-refractivity contribution in [1.29, 1.82) is 0 Å². The van der Waals surface area contributed by atoms with Crippen LogP contribution in [0.15, 0.2) is 78.9 Å². The molecular weight excluding hydrogens is 434 g/mol. The van der Waals surface area contributed by atoms with Gasteiger partial charge in [-0.2, -0.15) is 0 Å². The van der Waals surface area contributed by atoms with Crippen molar-refractivity contribution in [2.24, 2.45) is 0 Å². The first kappa shape index (κ1) is 24.5. The Morgan fingerprint density at radius 1 is 0.765 bits per heavy atom. The Morgan fingerprint density at radius 3 is 1.88 bits per heavy atom. The largest absolute Gasteiger partial charge is 0.378 e. The summed E-state index contributed by atoms with van der Waals surface area (Å²) in [5, 5.41) is 10.6. The molecule has 1 heterocycles. The Morgan fingerprint density at radius 2 is 1.32 bits per heavy atom. The zero-order chi connectivity index (χ0) is 23.8. The highest BCUT2D eigenvalue weighted by Gasteiger charge is 2.22. The maximum absolute atomic E-state index is 13.4. The molecular formula is C28H32F2N2O2. The lowest BCUT2D eigenvalue weighted by atomic mass is 10.0. The van der Waals surface area contributed by atoms with E-state index in [1.165, 1.54) is 29.8 Å². The first-order chi connectivity index (χ1) is 16.6. The van der Waals surface area contributed by atoms with Gasteiger partial charge in [0.25, 0.3) is 0 Å². The van der Waals surface area contributed by atoms with Gasteiger partial charge in [-0.25, -0.2) is 8.78 Å². The maximum atomic E-state index is 13.4. The van der Waals surface area contributed by atoms with Crippen molar-refractivity contribution >= 4 is 0 Å². The van der Waals surface area contributed by atoms with Crippen molar-refractivity contribution in [2.45, 2.75) is 25.2 Å². The highest BCUT2D eigenvalue weighted by molar-refractivity contribution is 5.30. The van der Waals surface area contributed by atoms with Crippen molar-refractivity contribution in [1.82, 2.24) is 9.80 Å². The van der Waals surface area contributed by atoms with Crippen molar-refractivity contribution in [3.8, 4) is 0 Å². The molecule has 1 aliphatic rings. The zero-order valence-electron chi connectivity index (χ0n) is 19.3. The molecule has 0 saturated carbocycles. The number of aryl methyl sites for hydroxylation is 1.